The van der Waals surface area contributed by atoms with Crippen molar-refractivity contribution in [1.82, 2.24) is 4.90 Å². The van der Waals surface area contributed by atoms with E-state index in [2.05, 4.69) is 0 Å². The Morgan fingerprint density at radius 1 is 1.05 bits per heavy atom. The molecule has 1 heterocycles. The van der Waals surface area contributed by atoms with Crippen LogP contribution in [0, 0.1) is 5.92 Å². The molecule has 0 spiro atoms. The molecule has 0 radical (unpaired) electrons. The number of benzene rings is 2. The number of amides is 2. The molecule has 3 N–H and O–H groups in total. The van der Waals surface area contributed by atoms with Crippen LogP contribution in [0.5, 0.6) is 5.75 Å². The number of carbonyl (C=O) groups excluding carboxylic acids is 2. The zero-order chi connectivity index (χ0) is 27.4. The molecule has 37 heavy (non-hydrogen) atoms. The Morgan fingerprint density at radius 2 is 1.68 bits per heavy atom. The van der Waals surface area contributed by atoms with Gasteiger partial charge in [-0.1, -0.05) is 24.3 Å². The van der Waals surface area contributed by atoms with Crippen LogP contribution < -0.4 is 10.5 Å². The molecule has 0 atom stereocenters. The fraction of sp³-hybridized carbons (Fsp3) is 0.423. The van der Waals surface area contributed by atoms with Crippen LogP contribution in [0.2, 0.25) is 0 Å². The van der Waals surface area contributed by atoms with E-state index in [1.165, 1.54) is 0 Å². The molecule has 1 fully saturated rings. The molecule has 2 aromatic rings. The van der Waals surface area contributed by atoms with Crippen LogP contribution in [0.1, 0.15) is 43.0 Å². The minimum Gasteiger partial charge on any atom is -0.494 e. The minimum atomic E-state index is -5.08. The van der Waals surface area contributed by atoms with Gasteiger partial charge in [-0.05, 0) is 73.9 Å². The Kier molecular flexibility index (Phi) is 11.2. The molecule has 1 aliphatic heterocycles. The third-order valence-electron chi connectivity index (χ3n) is 5.74. The van der Waals surface area contributed by atoms with Crippen LogP contribution >= 0.6 is 0 Å². The number of primary amides is 1. The van der Waals surface area contributed by atoms with E-state index < -0.39 is 18.1 Å². The molecule has 2 amide bonds. The maximum Gasteiger partial charge on any atom is 0.490 e. The second kappa shape index (κ2) is 14.1. The average molecular weight is 525 g/mol. The number of rotatable bonds is 8. The molecule has 0 unspecified atom stereocenters. The van der Waals surface area contributed by atoms with E-state index >= 15 is 0 Å². The lowest BCUT2D eigenvalue weighted by atomic mass is 9.92. The summed E-state index contributed by atoms with van der Waals surface area (Å²) in [6.07, 6.45) is -1.12. The van der Waals surface area contributed by atoms with E-state index in [1.807, 2.05) is 43.3 Å². The standard InChI is InChI=1S/C24H30N2O4.C2HF3O2/c1-2-29-24(28)26-14-12-18(13-15-26)5-4-16-30-22-10-8-19(9-11-22)20-6-3-7-21(17-20)23(25)27;3-2(4,5)1(6)7/h3,6-11,17-18H,2,4-5,12-16H2,1H3,(H2,25,27);(H,6,7). The molecule has 0 saturated carbocycles. The van der Waals surface area contributed by atoms with E-state index in [4.69, 9.17) is 25.1 Å². The zero-order valence-corrected chi connectivity index (χ0v) is 20.5. The zero-order valence-electron chi connectivity index (χ0n) is 20.5. The summed E-state index contributed by atoms with van der Waals surface area (Å²) < 4.78 is 42.7. The third kappa shape index (κ3) is 10.0. The van der Waals surface area contributed by atoms with Crippen LogP contribution in [0.4, 0.5) is 18.0 Å². The Hall–Kier alpha value is -3.76. The molecule has 3 rings (SSSR count). The molecule has 0 aromatic heterocycles. The topological polar surface area (TPSA) is 119 Å². The monoisotopic (exact) mass is 524 g/mol. The molecular weight excluding hydrogens is 493 g/mol. The smallest absolute Gasteiger partial charge is 0.490 e. The highest BCUT2D eigenvalue weighted by atomic mass is 19.4. The number of carboxylic acids is 1. The van der Waals surface area contributed by atoms with Crippen molar-refractivity contribution in [2.45, 2.75) is 38.8 Å². The lowest BCUT2D eigenvalue weighted by Crippen LogP contribution is -2.38. The van der Waals surface area contributed by atoms with Gasteiger partial charge in [-0.25, -0.2) is 9.59 Å². The number of ether oxygens (including phenoxy) is 2. The molecule has 8 nitrogen and oxygen atoms in total. The predicted octanol–water partition coefficient (Wildman–Crippen LogP) is 5.11. The summed E-state index contributed by atoms with van der Waals surface area (Å²) in [6.45, 7) is 4.50. The highest BCUT2D eigenvalue weighted by Crippen LogP contribution is 2.25. The molecule has 2 aromatic carbocycles. The van der Waals surface area contributed by atoms with Crippen molar-refractivity contribution in [2.75, 3.05) is 26.3 Å². The van der Waals surface area contributed by atoms with Crippen LogP contribution in [-0.2, 0) is 9.53 Å². The average Bonchev–Trinajstić information content (AvgIpc) is 2.87. The van der Waals surface area contributed by atoms with Crippen molar-refractivity contribution in [3.8, 4) is 16.9 Å². The lowest BCUT2D eigenvalue weighted by molar-refractivity contribution is -0.192. The Bertz CT molecular complexity index is 1040. The molecular formula is C26H31F3N2O6. The van der Waals surface area contributed by atoms with E-state index in [9.17, 15) is 22.8 Å². The number of carboxylic acid groups (broad SMARTS) is 1. The number of hydrogen-bond donors (Lipinski definition) is 2. The van der Waals surface area contributed by atoms with Gasteiger partial charge in [0.15, 0.2) is 0 Å². The Labute approximate surface area is 213 Å². The van der Waals surface area contributed by atoms with Gasteiger partial charge in [0, 0.05) is 18.7 Å². The number of nitrogens with two attached hydrogens (primary N) is 1. The largest absolute Gasteiger partial charge is 0.494 e. The van der Waals surface area contributed by atoms with Crippen molar-refractivity contribution in [3.05, 3.63) is 54.1 Å². The summed E-state index contributed by atoms with van der Waals surface area (Å²) >= 11 is 0. The highest BCUT2D eigenvalue weighted by Gasteiger charge is 2.38. The first-order chi connectivity index (χ1) is 17.5. The summed E-state index contributed by atoms with van der Waals surface area (Å²) in [5.74, 6) is -1.71. The van der Waals surface area contributed by atoms with Crippen molar-refractivity contribution >= 4 is 18.0 Å². The number of likely N-dealkylation sites (tertiary alicyclic amines) is 1. The molecule has 0 bridgehead atoms. The van der Waals surface area contributed by atoms with Crippen molar-refractivity contribution < 1.29 is 42.1 Å². The van der Waals surface area contributed by atoms with Gasteiger partial charge in [-0.15, -0.1) is 0 Å². The van der Waals surface area contributed by atoms with Gasteiger partial charge < -0.3 is 25.2 Å². The number of aliphatic carboxylic acids is 1. The second-order valence-corrected chi connectivity index (χ2v) is 8.39. The van der Waals surface area contributed by atoms with Crippen molar-refractivity contribution in [2.24, 2.45) is 11.7 Å². The van der Waals surface area contributed by atoms with Crippen molar-refractivity contribution in [1.29, 1.82) is 0 Å². The van der Waals surface area contributed by atoms with Gasteiger partial charge in [-0.2, -0.15) is 13.2 Å². The number of halogens is 3. The van der Waals surface area contributed by atoms with Gasteiger partial charge in [0.05, 0.1) is 13.2 Å². The van der Waals surface area contributed by atoms with Crippen LogP contribution in [0.25, 0.3) is 11.1 Å². The minimum absolute atomic E-state index is 0.191. The van der Waals surface area contributed by atoms with Gasteiger partial charge in [0.25, 0.3) is 0 Å². The molecule has 0 aliphatic carbocycles. The van der Waals surface area contributed by atoms with E-state index in [0.717, 1.165) is 55.6 Å². The summed E-state index contributed by atoms with van der Waals surface area (Å²) in [7, 11) is 0. The molecule has 11 heteroatoms. The van der Waals surface area contributed by atoms with Crippen LogP contribution in [0.3, 0.4) is 0 Å². The Balaban J connectivity index is 0.000000604. The first-order valence-electron chi connectivity index (χ1n) is 11.9. The van der Waals surface area contributed by atoms with E-state index in [0.29, 0.717) is 24.7 Å². The second-order valence-electron chi connectivity index (χ2n) is 8.39. The Morgan fingerprint density at radius 3 is 2.22 bits per heavy atom. The maximum absolute atomic E-state index is 11.7. The van der Waals surface area contributed by atoms with Crippen molar-refractivity contribution in [3.63, 3.8) is 0 Å². The number of nitrogens with zero attached hydrogens (tertiary/aromatic N) is 1. The number of piperidine rings is 1. The quantitative estimate of drug-likeness (QED) is 0.463. The molecule has 202 valence electrons. The maximum atomic E-state index is 11.7. The van der Waals surface area contributed by atoms with Crippen LogP contribution in [0.15, 0.2) is 48.5 Å². The SMILES string of the molecule is CCOC(=O)N1CCC(CCCOc2ccc(-c3cccc(C(N)=O)c3)cc2)CC1.O=C(O)C(F)(F)F. The van der Waals surface area contributed by atoms with E-state index in [1.54, 1.807) is 17.0 Å². The molecule has 1 aliphatic rings. The van der Waals surface area contributed by atoms with Gasteiger partial charge in [-0.3, -0.25) is 4.79 Å². The fourth-order valence-electron chi connectivity index (χ4n) is 3.78. The van der Waals surface area contributed by atoms with Gasteiger partial charge in [0.2, 0.25) is 5.91 Å². The number of alkyl halides is 3. The molecule has 1 saturated heterocycles. The van der Waals surface area contributed by atoms with E-state index in [-0.39, 0.29) is 6.09 Å². The third-order valence-corrected chi connectivity index (χ3v) is 5.74. The summed E-state index contributed by atoms with van der Waals surface area (Å²) in [6, 6.07) is 15.2. The highest BCUT2D eigenvalue weighted by molar-refractivity contribution is 5.94. The summed E-state index contributed by atoms with van der Waals surface area (Å²) in [5, 5.41) is 7.12. The normalized spacial score (nSPS) is 13.8. The van der Waals surface area contributed by atoms with Gasteiger partial charge in [0.1, 0.15) is 5.75 Å². The number of hydrogen-bond acceptors (Lipinski definition) is 5. The van der Waals surface area contributed by atoms with Crippen LogP contribution in [-0.4, -0.2) is 60.5 Å². The number of carbonyl (C=O) groups is 3. The predicted molar refractivity (Wildman–Crippen MR) is 130 cm³/mol. The summed E-state index contributed by atoms with van der Waals surface area (Å²) in [5.41, 5.74) is 7.82. The first kappa shape index (κ1) is 29.5. The first-order valence-corrected chi connectivity index (χ1v) is 11.9. The lowest BCUT2D eigenvalue weighted by Gasteiger charge is -2.31. The fourth-order valence-corrected chi connectivity index (χ4v) is 3.78. The summed E-state index contributed by atoms with van der Waals surface area (Å²) in [4.78, 5) is 33.8. The van der Waals surface area contributed by atoms with Gasteiger partial charge >= 0.3 is 18.2 Å².